The first-order valence-electron chi connectivity index (χ1n) is 14.5. The highest BCUT2D eigenvalue weighted by Crippen LogP contribution is 2.56. The van der Waals surface area contributed by atoms with Crippen LogP contribution >= 0.6 is 0 Å². The summed E-state index contributed by atoms with van der Waals surface area (Å²) in [6.07, 6.45) is 27.5. The number of carbonyl (C=O) groups excluding carboxylic acids is 1. The Morgan fingerprint density at radius 2 is 1.23 bits per heavy atom. The van der Waals surface area contributed by atoms with Crippen LogP contribution < -0.4 is 0 Å². The first kappa shape index (κ1) is 22.3. The van der Waals surface area contributed by atoms with Gasteiger partial charge >= 0.3 is 0 Å². The standard InChI is InChI=1S/C29H49NO/c1-29(24-15-9-4-2-3-5-10-16-24)27-19-13-7-12-18-26(27)28(31)30(29)25-17-11-6-8-14-22-20-23(22)21-25/h22-27H,2-21H2,1H3. The summed E-state index contributed by atoms with van der Waals surface area (Å²) in [6, 6.07) is 0.546. The monoisotopic (exact) mass is 427 g/mol. The van der Waals surface area contributed by atoms with Crippen molar-refractivity contribution in [1.29, 1.82) is 0 Å². The second-order valence-corrected chi connectivity index (χ2v) is 12.5. The van der Waals surface area contributed by atoms with Crippen molar-refractivity contribution in [2.75, 3.05) is 0 Å². The van der Waals surface area contributed by atoms with E-state index in [1.807, 2.05) is 0 Å². The van der Waals surface area contributed by atoms with Gasteiger partial charge in [0.2, 0.25) is 5.91 Å². The minimum atomic E-state index is 0.138. The number of carbonyl (C=O) groups is 1. The van der Waals surface area contributed by atoms with E-state index in [0.29, 0.717) is 23.8 Å². The highest BCUT2D eigenvalue weighted by atomic mass is 16.2. The Labute approximate surface area is 192 Å². The summed E-state index contributed by atoms with van der Waals surface area (Å²) in [5, 5.41) is 0. The van der Waals surface area contributed by atoms with E-state index in [1.165, 1.54) is 128 Å². The summed E-state index contributed by atoms with van der Waals surface area (Å²) in [7, 11) is 0. The molecular formula is C29H49NO. The minimum absolute atomic E-state index is 0.138. The fourth-order valence-electron chi connectivity index (χ4n) is 8.81. The summed E-state index contributed by atoms with van der Waals surface area (Å²) >= 11 is 0. The Morgan fingerprint density at radius 1 is 0.645 bits per heavy atom. The van der Waals surface area contributed by atoms with E-state index in [0.717, 1.165) is 17.8 Å². The zero-order valence-electron chi connectivity index (χ0n) is 20.5. The number of hydrogen-bond acceptors (Lipinski definition) is 1. The van der Waals surface area contributed by atoms with E-state index in [-0.39, 0.29) is 5.54 Å². The fourth-order valence-corrected chi connectivity index (χ4v) is 8.81. The Kier molecular flexibility index (Phi) is 7.01. The van der Waals surface area contributed by atoms with E-state index in [9.17, 15) is 4.79 Å². The van der Waals surface area contributed by atoms with E-state index >= 15 is 0 Å². The minimum Gasteiger partial charge on any atom is -0.333 e. The van der Waals surface area contributed by atoms with Crippen LogP contribution in [0.25, 0.3) is 0 Å². The molecular weight excluding hydrogens is 378 g/mol. The molecule has 0 aromatic carbocycles. The van der Waals surface area contributed by atoms with Gasteiger partial charge in [-0.1, -0.05) is 83.5 Å². The largest absolute Gasteiger partial charge is 0.333 e. The Morgan fingerprint density at radius 3 is 2.00 bits per heavy atom. The summed E-state index contributed by atoms with van der Waals surface area (Å²) < 4.78 is 0. The molecule has 5 fully saturated rings. The highest BCUT2D eigenvalue weighted by molar-refractivity contribution is 5.83. The third-order valence-electron chi connectivity index (χ3n) is 10.6. The number of likely N-dealkylation sites (tertiary alicyclic amines) is 1. The smallest absolute Gasteiger partial charge is 0.226 e. The lowest BCUT2D eigenvalue weighted by molar-refractivity contribution is -0.139. The molecule has 0 bridgehead atoms. The molecule has 6 atom stereocenters. The molecule has 0 radical (unpaired) electrons. The lowest BCUT2D eigenvalue weighted by Gasteiger charge is -2.49. The molecule has 0 aromatic heterocycles. The Hall–Kier alpha value is -0.530. The maximum atomic E-state index is 14.2. The van der Waals surface area contributed by atoms with Crippen molar-refractivity contribution in [2.45, 2.75) is 147 Å². The number of rotatable bonds is 2. The molecule has 1 saturated heterocycles. The number of nitrogens with zero attached hydrogens (tertiary/aromatic N) is 1. The Balaban J connectivity index is 1.47. The van der Waals surface area contributed by atoms with Crippen LogP contribution in [0, 0.1) is 29.6 Å². The molecule has 5 rings (SSSR count). The molecule has 6 unspecified atom stereocenters. The second-order valence-electron chi connectivity index (χ2n) is 12.5. The molecule has 1 heterocycles. The third kappa shape index (κ3) is 4.48. The zero-order chi connectivity index (χ0) is 21.3. The predicted molar refractivity (Wildman–Crippen MR) is 129 cm³/mol. The summed E-state index contributed by atoms with van der Waals surface area (Å²) in [4.78, 5) is 16.9. The quantitative estimate of drug-likeness (QED) is 0.438. The van der Waals surface area contributed by atoms with E-state index in [4.69, 9.17) is 0 Å². The van der Waals surface area contributed by atoms with E-state index in [2.05, 4.69) is 11.8 Å². The van der Waals surface area contributed by atoms with Crippen LogP contribution in [-0.2, 0) is 4.79 Å². The first-order chi connectivity index (χ1) is 15.2. The van der Waals surface area contributed by atoms with Gasteiger partial charge in [0.25, 0.3) is 0 Å². The van der Waals surface area contributed by atoms with Crippen molar-refractivity contribution in [2.24, 2.45) is 29.6 Å². The van der Waals surface area contributed by atoms with Gasteiger partial charge < -0.3 is 4.90 Å². The topological polar surface area (TPSA) is 20.3 Å². The van der Waals surface area contributed by atoms with Crippen LogP contribution in [0.4, 0.5) is 0 Å². The van der Waals surface area contributed by atoms with Gasteiger partial charge in [-0.05, 0) is 75.5 Å². The molecule has 1 amide bonds. The summed E-state index contributed by atoms with van der Waals surface area (Å²) in [5.41, 5.74) is 0.138. The molecule has 4 saturated carbocycles. The third-order valence-corrected chi connectivity index (χ3v) is 10.6. The average Bonchev–Trinajstić information content (AvgIpc) is 3.47. The van der Waals surface area contributed by atoms with Crippen LogP contribution in [0.2, 0.25) is 0 Å². The molecule has 31 heavy (non-hydrogen) atoms. The number of hydrogen-bond donors (Lipinski definition) is 0. The van der Waals surface area contributed by atoms with Crippen molar-refractivity contribution < 1.29 is 4.79 Å². The lowest BCUT2D eigenvalue weighted by atomic mass is 9.67. The molecule has 176 valence electrons. The molecule has 4 aliphatic carbocycles. The molecule has 2 heteroatoms. The van der Waals surface area contributed by atoms with E-state index < -0.39 is 0 Å². The number of fused-ring (bicyclic) bond motifs is 2. The molecule has 1 aliphatic heterocycles. The van der Waals surface area contributed by atoms with Crippen LogP contribution in [0.15, 0.2) is 0 Å². The van der Waals surface area contributed by atoms with E-state index in [1.54, 1.807) is 0 Å². The van der Waals surface area contributed by atoms with Gasteiger partial charge in [-0.2, -0.15) is 0 Å². The van der Waals surface area contributed by atoms with Gasteiger partial charge in [0.15, 0.2) is 0 Å². The fraction of sp³-hybridized carbons (Fsp3) is 0.966. The maximum Gasteiger partial charge on any atom is 0.226 e. The zero-order valence-corrected chi connectivity index (χ0v) is 20.5. The van der Waals surface area contributed by atoms with Crippen molar-refractivity contribution in [3.8, 4) is 0 Å². The van der Waals surface area contributed by atoms with Crippen molar-refractivity contribution in [1.82, 2.24) is 4.90 Å². The maximum absolute atomic E-state index is 14.2. The van der Waals surface area contributed by atoms with Gasteiger partial charge in [0.1, 0.15) is 0 Å². The predicted octanol–water partition coefficient (Wildman–Crippen LogP) is 7.89. The SMILES string of the molecule is CC1(C2CCCCCCCC2)C2CCCCCC2C(=O)N1C1CCCCCC2CC2C1. The van der Waals surface area contributed by atoms with Gasteiger partial charge in [-0.15, -0.1) is 0 Å². The number of amides is 1. The molecule has 2 nitrogen and oxygen atoms in total. The van der Waals surface area contributed by atoms with Crippen molar-refractivity contribution in [3.63, 3.8) is 0 Å². The van der Waals surface area contributed by atoms with Crippen molar-refractivity contribution >= 4 is 5.91 Å². The second kappa shape index (κ2) is 9.76. The lowest BCUT2D eigenvalue weighted by Crippen LogP contribution is -2.56. The van der Waals surface area contributed by atoms with Crippen LogP contribution in [0.1, 0.15) is 135 Å². The van der Waals surface area contributed by atoms with Crippen LogP contribution in [0.5, 0.6) is 0 Å². The van der Waals surface area contributed by atoms with Crippen molar-refractivity contribution in [3.05, 3.63) is 0 Å². The molecule has 0 spiro atoms. The molecule has 5 aliphatic rings. The van der Waals surface area contributed by atoms with Crippen LogP contribution in [0.3, 0.4) is 0 Å². The Bertz CT molecular complexity index is 606. The van der Waals surface area contributed by atoms with Gasteiger partial charge in [-0.25, -0.2) is 0 Å². The molecule has 0 aromatic rings. The first-order valence-corrected chi connectivity index (χ1v) is 14.5. The normalized spacial score (nSPS) is 43.3. The van der Waals surface area contributed by atoms with Gasteiger partial charge in [-0.3, -0.25) is 4.79 Å². The van der Waals surface area contributed by atoms with Gasteiger partial charge in [0.05, 0.1) is 0 Å². The van der Waals surface area contributed by atoms with Crippen LogP contribution in [-0.4, -0.2) is 22.4 Å². The average molecular weight is 428 g/mol. The van der Waals surface area contributed by atoms with Gasteiger partial charge in [0, 0.05) is 17.5 Å². The highest BCUT2D eigenvalue weighted by Gasteiger charge is 2.60. The summed E-state index contributed by atoms with van der Waals surface area (Å²) in [5.74, 6) is 4.27. The summed E-state index contributed by atoms with van der Waals surface area (Å²) in [6.45, 7) is 2.61. The molecule has 0 N–H and O–H groups in total.